The molecule has 162 valence electrons. The average Bonchev–Trinajstić information content (AvgIpc) is 3.14. The van der Waals surface area contributed by atoms with Gasteiger partial charge in [0.05, 0.1) is 19.3 Å². The highest BCUT2D eigenvalue weighted by molar-refractivity contribution is 5.64. The van der Waals surface area contributed by atoms with E-state index in [4.69, 9.17) is 4.74 Å². The first-order chi connectivity index (χ1) is 15.0. The number of piperazine rings is 1. The van der Waals surface area contributed by atoms with Crippen LogP contribution < -0.4 is 10.2 Å². The highest BCUT2D eigenvalue weighted by Gasteiger charge is 2.29. The minimum atomic E-state index is -0.909. The molecule has 3 aromatic rings. The van der Waals surface area contributed by atoms with E-state index in [2.05, 4.69) is 42.3 Å². The molecular formula is C21H23F2N7O. The van der Waals surface area contributed by atoms with Gasteiger partial charge >= 0.3 is 0 Å². The molecule has 2 saturated heterocycles. The van der Waals surface area contributed by atoms with Crippen molar-refractivity contribution < 1.29 is 13.5 Å². The van der Waals surface area contributed by atoms with Gasteiger partial charge in [-0.15, -0.1) is 5.10 Å². The van der Waals surface area contributed by atoms with Gasteiger partial charge < -0.3 is 15.0 Å². The molecule has 8 nitrogen and oxygen atoms in total. The van der Waals surface area contributed by atoms with Crippen LogP contribution in [0, 0.1) is 18.7 Å². The van der Waals surface area contributed by atoms with Gasteiger partial charge in [-0.3, -0.25) is 4.90 Å². The van der Waals surface area contributed by atoms with Gasteiger partial charge in [-0.25, -0.2) is 9.07 Å². The Labute approximate surface area is 178 Å². The number of halogens is 2. The van der Waals surface area contributed by atoms with E-state index in [9.17, 15) is 8.78 Å². The Morgan fingerprint density at radius 2 is 1.84 bits per heavy atom. The lowest BCUT2D eigenvalue weighted by atomic mass is 10.1. The molecule has 2 aliphatic rings. The van der Waals surface area contributed by atoms with E-state index >= 15 is 0 Å². The lowest BCUT2D eigenvalue weighted by Crippen LogP contribution is -2.56. The fourth-order valence-corrected chi connectivity index (χ4v) is 3.93. The van der Waals surface area contributed by atoms with Crippen LogP contribution in [0.1, 0.15) is 5.56 Å². The van der Waals surface area contributed by atoms with Gasteiger partial charge in [-0.05, 0) is 30.7 Å². The number of ether oxygens (including phenoxy) is 1. The number of benzene rings is 1. The van der Waals surface area contributed by atoms with Crippen molar-refractivity contribution in [2.75, 3.05) is 49.6 Å². The maximum Gasteiger partial charge on any atom is 0.247 e. The number of aryl methyl sites for hydroxylation is 1. The fourth-order valence-electron chi connectivity index (χ4n) is 3.93. The van der Waals surface area contributed by atoms with Gasteiger partial charge in [-0.1, -0.05) is 0 Å². The second-order valence-electron chi connectivity index (χ2n) is 7.88. The molecule has 5 rings (SSSR count). The van der Waals surface area contributed by atoms with Crippen molar-refractivity contribution in [3.8, 4) is 5.82 Å². The standard InChI is InChI=1S/C21H23F2N7O/c1-14-6-16(10-17(7-14)28-2-4-29(5-3-28)18-11-31-12-18)25-21-24-13-30(27-21)20-9-15(22)8-19(23)26-20/h6-10,13,18H,2-5,11-12H2,1H3,(H,25,27). The third kappa shape index (κ3) is 4.35. The molecule has 0 bridgehead atoms. The zero-order chi connectivity index (χ0) is 21.4. The summed E-state index contributed by atoms with van der Waals surface area (Å²) < 4.78 is 33.4. The number of nitrogens with zero attached hydrogens (tertiary/aromatic N) is 6. The summed E-state index contributed by atoms with van der Waals surface area (Å²) in [6.07, 6.45) is 1.36. The molecule has 0 unspecified atom stereocenters. The van der Waals surface area contributed by atoms with Crippen molar-refractivity contribution in [1.82, 2.24) is 24.6 Å². The Morgan fingerprint density at radius 1 is 1.03 bits per heavy atom. The van der Waals surface area contributed by atoms with E-state index in [0.717, 1.165) is 62.4 Å². The molecule has 0 atom stereocenters. The van der Waals surface area contributed by atoms with Crippen LogP contribution in [-0.2, 0) is 4.74 Å². The predicted octanol–water partition coefficient (Wildman–Crippen LogP) is 2.51. The number of rotatable bonds is 5. The maximum absolute atomic E-state index is 13.5. The summed E-state index contributed by atoms with van der Waals surface area (Å²) >= 11 is 0. The van der Waals surface area contributed by atoms with E-state index in [1.165, 1.54) is 11.0 Å². The van der Waals surface area contributed by atoms with Crippen LogP contribution in [0.2, 0.25) is 0 Å². The Morgan fingerprint density at radius 3 is 2.55 bits per heavy atom. The fraction of sp³-hybridized carbons (Fsp3) is 0.381. The monoisotopic (exact) mass is 427 g/mol. The highest BCUT2D eigenvalue weighted by Crippen LogP contribution is 2.26. The lowest BCUT2D eigenvalue weighted by Gasteiger charge is -2.43. The molecule has 4 heterocycles. The molecule has 2 aliphatic heterocycles. The van der Waals surface area contributed by atoms with Crippen LogP contribution in [0.15, 0.2) is 36.7 Å². The molecule has 1 aromatic carbocycles. The van der Waals surface area contributed by atoms with Crippen molar-refractivity contribution in [3.63, 3.8) is 0 Å². The summed E-state index contributed by atoms with van der Waals surface area (Å²) in [5.74, 6) is -1.29. The lowest BCUT2D eigenvalue weighted by molar-refractivity contribution is -0.0660. The molecule has 1 N–H and O–H groups in total. The normalized spacial score (nSPS) is 17.6. The van der Waals surface area contributed by atoms with Crippen LogP contribution in [0.4, 0.5) is 26.1 Å². The van der Waals surface area contributed by atoms with Gasteiger partial charge in [0.25, 0.3) is 0 Å². The average molecular weight is 427 g/mol. The third-order valence-corrected chi connectivity index (χ3v) is 5.61. The SMILES string of the molecule is Cc1cc(Nc2ncn(-c3cc(F)cc(F)n3)n2)cc(N2CCN(C3COC3)CC2)c1. The quantitative estimate of drug-likeness (QED) is 0.628. The first-order valence-electron chi connectivity index (χ1n) is 10.2. The Balaban J connectivity index is 1.29. The van der Waals surface area contributed by atoms with Crippen LogP contribution in [0.25, 0.3) is 5.82 Å². The summed E-state index contributed by atoms with van der Waals surface area (Å²) in [6, 6.07) is 8.62. The summed E-state index contributed by atoms with van der Waals surface area (Å²) in [6.45, 7) is 7.70. The summed E-state index contributed by atoms with van der Waals surface area (Å²) in [4.78, 5) is 12.7. The number of hydrogen-bond donors (Lipinski definition) is 1. The highest BCUT2D eigenvalue weighted by atomic mass is 19.1. The van der Waals surface area contributed by atoms with E-state index in [0.29, 0.717) is 18.1 Å². The molecule has 0 saturated carbocycles. The largest absolute Gasteiger partial charge is 0.378 e. The Hall–Kier alpha value is -3.11. The number of hydrogen-bond acceptors (Lipinski definition) is 7. The molecular weight excluding hydrogens is 404 g/mol. The summed E-state index contributed by atoms with van der Waals surface area (Å²) in [5.41, 5.74) is 3.10. The summed E-state index contributed by atoms with van der Waals surface area (Å²) in [7, 11) is 0. The van der Waals surface area contributed by atoms with Gasteiger partial charge in [0, 0.05) is 49.7 Å². The molecule has 0 radical (unpaired) electrons. The van der Waals surface area contributed by atoms with Crippen LogP contribution >= 0.6 is 0 Å². The van der Waals surface area contributed by atoms with E-state index < -0.39 is 11.8 Å². The van der Waals surface area contributed by atoms with Gasteiger partial charge in [-0.2, -0.15) is 14.4 Å². The summed E-state index contributed by atoms with van der Waals surface area (Å²) in [5, 5.41) is 7.42. The number of nitrogens with one attached hydrogen (secondary N) is 1. The second-order valence-corrected chi connectivity index (χ2v) is 7.88. The zero-order valence-electron chi connectivity index (χ0n) is 17.1. The number of anilines is 3. The molecule has 0 aliphatic carbocycles. The van der Waals surface area contributed by atoms with Gasteiger partial charge in [0.1, 0.15) is 12.1 Å². The predicted molar refractivity (Wildman–Crippen MR) is 112 cm³/mol. The number of pyridine rings is 1. The second kappa shape index (κ2) is 8.20. The van der Waals surface area contributed by atoms with E-state index in [1.807, 2.05) is 13.0 Å². The third-order valence-electron chi connectivity index (χ3n) is 5.61. The first kappa shape index (κ1) is 19.8. The minimum absolute atomic E-state index is 0.0257. The molecule has 2 aromatic heterocycles. The van der Waals surface area contributed by atoms with Crippen molar-refractivity contribution in [1.29, 1.82) is 0 Å². The van der Waals surface area contributed by atoms with Gasteiger partial charge in [0.2, 0.25) is 11.9 Å². The molecule has 0 amide bonds. The van der Waals surface area contributed by atoms with Crippen molar-refractivity contribution in [2.24, 2.45) is 0 Å². The topological polar surface area (TPSA) is 71.3 Å². The maximum atomic E-state index is 13.5. The minimum Gasteiger partial charge on any atom is -0.378 e. The van der Waals surface area contributed by atoms with Crippen LogP contribution in [0.5, 0.6) is 0 Å². The number of aromatic nitrogens is 4. The smallest absolute Gasteiger partial charge is 0.247 e. The zero-order valence-corrected chi connectivity index (χ0v) is 17.1. The Bertz CT molecular complexity index is 1060. The Kier molecular flexibility index (Phi) is 5.24. The van der Waals surface area contributed by atoms with Crippen molar-refractivity contribution in [3.05, 3.63) is 54.0 Å². The van der Waals surface area contributed by atoms with Crippen molar-refractivity contribution >= 4 is 17.3 Å². The molecule has 10 heteroatoms. The molecule has 31 heavy (non-hydrogen) atoms. The van der Waals surface area contributed by atoms with Gasteiger partial charge in [0.15, 0.2) is 5.82 Å². The first-order valence-corrected chi connectivity index (χ1v) is 10.2. The molecule has 2 fully saturated rings. The van der Waals surface area contributed by atoms with E-state index in [1.54, 1.807) is 0 Å². The molecule has 0 spiro atoms. The van der Waals surface area contributed by atoms with E-state index in [-0.39, 0.29) is 5.82 Å². The van der Waals surface area contributed by atoms with Crippen LogP contribution in [0.3, 0.4) is 0 Å². The van der Waals surface area contributed by atoms with Crippen molar-refractivity contribution in [2.45, 2.75) is 13.0 Å². The van der Waals surface area contributed by atoms with Crippen LogP contribution in [-0.4, -0.2) is 70.1 Å².